The first-order chi connectivity index (χ1) is 8.55. The highest BCUT2D eigenvalue weighted by molar-refractivity contribution is 7.91. The summed E-state index contributed by atoms with van der Waals surface area (Å²) in [6.45, 7) is 0.612. The molecule has 1 heterocycles. The van der Waals surface area contributed by atoms with Crippen molar-refractivity contribution in [3.8, 4) is 0 Å². The van der Waals surface area contributed by atoms with Gasteiger partial charge in [0.15, 0.2) is 0 Å². The van der Waals surface area contributed by atoms with Crippen LogP contribution in [-0.2, 0) is 9.84 Å². The Balaban J connectivity index is 1.62. The van der Waals surface area contributed by atoms with Crippen molar-refractivity contribution in [3.63, 3.8) is 0 Å². The molecule has 106 valence electrons. The zero-order valence-electron chi connectivity index (χ0n) is 11.0. The lowest BCUT2D eigenvalue weighted by molar-refractivity contribution is 0.136. The largest absolute Gasteiger partial charge is 0.392 e. The van der Waals surface area contributed by atoms with Crippen molar-refractivity contribution in [2.75, 3.05) is 18.1 Å². The van der Waals surface area contributed by atoms with Crippen LogP contribution in [0.25, 0.3) is 0 Å². The number of aliphatic hydroxyl groups is 1. The number of hydrogen-bond acceptors (Lipinski definition) is 4. The molecule has 2 rings (SSSR count). The number of sulfone groups is 1. The molecule has 2 fully saturated rings. The summed E-state index contributed by atoms with van der Waals surface area (Å²) in [6, 6.07) is 0.270. The van der Waals surface area contributed by atoms with Crippen LogP contribution in [0.3, 0.4) is 0 Å². The minimum absolute atomic E-state index is 0.270. The van der Waals surface area contributed by atoms with Gasteiger partial charge in [0.2, 0.25) is 0 Å². The van der Waals surface area contributed by atoms with Crippen LogP contribution in [0.2, 0.25) is 0 Å². The van der Waals surface area contributed by atoms with Crippen molar-refractivity contribution in [2.24, 2.45) is 5.92 Å². The highest BCUT2D eigenvalue weighted by Gasteiger charge is 2.24. The SMILES string of the molecule is O=S1(=O)CCC(NCC(O)CC2CCCC2)CC1. The second-order valence-electron chi connectivity index (χ2n) is 5.87. The van der Waals surface area contributed by atoms with Gasteiger partial charge in [-0.05, 0) is 25.2 Å². The summed E-state index contributed by atoms with van der Waals surface area (Å²) in [5, 5.41) is 13.3. The van der Waals surface area contributed by atoms with Crippen molar-refractivity contribution in [1.82, 2.24) is 5.32 Å². The number of hydrogen-bond donors (Lipinski definition) is 2. The summed E-state index contributed by atoms with van der Waals surface area (Å²) < 4.78 is 22.6. The van der Waals surface area contributed by atoms with E-state index < -0.39 is 9.84 Å². The van der Waals surface area contributed by atoms with Gasteiger partial charge in [0.25, 0.3) is 0 Å². The molecule has 0 aromatic carbocycles. The average molecular weight is 275 g/mol. The maximum Gasteiger partial charge on any atom is 0.150 e. The van der Waals surface area contributed by atoms with Crippen molar-refractivity contribution in [1.29, 1.82) is 0 Å². The Bertz CT molecular complexity index is 335. The van der Waals surface area contributed by atoms with Crippen molar-refractivity contribution < 1.29 is 13.5 Å². The molecular formula is C13H25NO3S. The lowest BCUT2D eigenvalue weighted by Crippen LogP contribution is -2.41. The second kappa shape index (κ2) is 6.35. The fourth-order valence-corrected chi connectivity index (χ4v) is 4.60. The van der Waals surface area contributed by atoms with E-state index in [1.807, 2.05) is 0 Å². The first-order valence-corrected chi connectivity index (χ1v) is 8.99. The maximum absolute atomic E-state index is 11.3. The van der Waals surface area contributed by atoms with E-state index in [-0.39, 0.29) is 12.1 Å². The fourth-order valence-electron chi connectivity index (χ4n) is 3.11. The van der Waals surface area contributed by atoms with E-state index in [0.29, 0.717) is 36.8 Å². The molecule has 0 bridgehead atoms. The van der Waals surface area contributed by atoms with Gasteiger partial charge < -0.3 is 10.4 Å². The molecule has 0 spiro atoms. The molecule has 2 N–H and O–H groups in total. The highest BCUT2D eigenvalue weighted by atomic mass is 32.2. The first kappa shape index (κ1) is 14.3. The second-order valence-corrected chi connectivity index (χ2v) is 8.18. The number of aliphatic hydroxyl groups excluding tert-OH is 1. The van der Waals surface area contributed by atoms with Gasteiger partial charge in [-0.1, -0.05) is 25.7 Å². The Kier molecular flexibility index (Phi) is 5.04. The molecule has 0 aromatic rings. The van der Waals surface area contributed by atoms with E-state index in [0.717, 1.165) is 6.42 Å². The molecule has 1 saturated carbocycles. The summed E-state index contributed by atoms with van der Waals surface area (Å²) in [6.07, 6.45) is 7.16. The number of rotatable bonds is 5. The molecule has 1 saturated heterocycles. The molecule has 0 amide bonds. The third kappa shape index (κ3) is 4.52. The molecule has 1 unspecified atom stereocenters. The maximum atomic E-state index is 11.3. The zero-order chi connectivity index (χ0) is 13.0. The Labute approximate surface area is 110 Å². The van der Waals surface area contributed by atoms with E-state index >= 15 is 0 Å². The van der Waals surface area contributed by atoms with Gasteiger partial charge in [-0.3, -0.25) is 0 Å². The minimum Gasteiger partial charge on any atom is -0.392 e. The zero-order valence-corrected chi connectivity index (χ0v) is 11.8. The van der Waals surface area contributed by atoms with Crippen LogP contribution < -0.4 is 5.32 Å². The predicted molar refractivity (Wildman–Crippen MR) is 72.3 cm³/mol. The van der Waals surface area contributed by atoms with E-state index in [2.05, 4.69) is 5.32 Å². The van der Waals surface area contributed by atoms with Gasteiger partial charge >= 0.3 is 0 Å². The van der Waals surface area contributed by atoms with Gasteiger partial charge in [0.1, 0.15) is 9.84 Å². The standard InChI is InChI=1S/C13H25NO3S/c15-13(9-11-3-1-2-4-11)10-14-12-5-7-18(16,17)8-6-12/h11-15H,1-10H2. The van der Waals surface area contributed by atoms with Crippen LogP contribution >= 0.6 is 0 Å². The molecule has 0 radical (unpaired) electrons. The third-order valence-corrected chi connectivity index (χ3v) is 5.99. The van der Waals surface area contributed by atoms with Gasteiger partial charge in [-0.2, -0.15) is 0 Å². The van der Waals surface area contributed by atoms with E-state index in [4.69, 9.17) is 0 Å². The smallest absolute Gasteiger partial charge is 0.150 e. The predicted octanol–water partition coefficient (Wildman–Crippen LogP) is 1.09. The monoisotopic (exact) mass is 275 g/mol. The Morgan fingerprint density at radius 1 is 1.11 bits per heavy atom. The van der Waals surface area contributed by atoms with Crippen LogP contribution in [0.1, 0.15) is 44.9 Å². The third-order valence-electron chi connectivity index (χ3n) is 4.28. The molecule has 1 aliphatic carbocycles. The van der Waals surface area contributed by atoms with Gasteiger partial charge in [0, 0.05) is 12.6 Å². The Hall–Kier alpha value is -0.130. The topological polar surface area (TPSA) is 66.4 Å². The average Bonchev–Trinajstić information content (AvgIpc) is 2.80. The molecule has 0 aromatic heterocycles. The van der Waals surface area contributed by atoms with E-state index in [1.54, 1.807) is 0 Å². The molecule has 2 aliphatic rings. The normalized spacial score (nSPS) is 27.4. The van der Waals surface area contributed by atoms with Crippen molar-refractivity contribution in [2.45, 2.75) is 57.1 Å². The van der Waals surface area contributed by atoms with Crippen molar-refractivity contribution >= 4 is 9.84 Å². The first-order valence-electron chi connectivity index (χ1n) is 7.17. The summed E-state index contributed by atoms with van der Waals surface area (Å²) >= 11 is 0. The lowest BCUT2D eigenvalue weighted by atomic mass is 10.00. The molecule has 1 aliphatic heterocycles. The summed E-state index contributed by atoms with van der Waals surface area (Å²) in [7, 11) is -2.78. The van der Waals surface area contributed by atoms with E-state index in [9.17, 15) is 13.5 Å². The number of nitrogens with one attached hydrogen (secondary N) is 1. The van der Waals surface area contributed by atoms with Crippen LogP contribution in [0, 0.1) is 5.92 Å². The highest BCUT2D eigenvalue weighted by Crippen LogP contribution is 2.28. The lowest BCUT2D eigenvalue weighted by Gasteiger charge is -2.25. The minimum atomic E-state index is -2.78. The van der Waals surface area contributed by atoms with Crippen LogP contribution in [0.5, 0.6) is 0 Å². The Morgan fingerprint density at radius 3 is 2.33 bits per heavy atom. The molecule has 18 heavy (non-hydrogen) atoms. The molecule has 1 atom stereocenters. The van der Waals surface area contributed by atoms with Gasteiger partial charge in [-0.15, -0.1) is 0 Å². The Morgan fingerprint density at radius 2 is 1.72 bits per heavy atom. The van der Waals surface area contributed by atoms with Crippen LogP contribution in [0.15, 0.2) is 0 Å². The van der Waals surface area contributed by atoms with E-state index in [1.165, 1.54) is 25.7 Å². The molecule has 5 heteroatoms. The van der Waals surface area contributed by atoms with Crippen LogP contribution in [-0.4, -0.2) is 43.7 Å². The van der Waals surface area contributed by atoms with Crippen molar-refractivity contribution in [3.05, 3.63) is 0 Å². The molecule has 4 nitrogen and oxygen atoms in total. The quantitative estimate of drug-likeness (QED) is 0.788. The molecular weight excluding hydrogens is 250 g/mol. The fraction of sp³-hybridized carbons (Fsp3) is 1.00. The summed E-state index contributed by atoms with van der Waals surface area (Å²) in [5.41, 5.74) is 0. The summed E-state index contributed by atoms with van der Waals surface area (Å²) in [5.74, 6) is 1.29. The van der Waals surface area contributed by atoms with Gasteiger partial charge in [0.05, 0.1) is 17.6 Å². The van der Waals surface area contributed by atoms with Crippen LogP contribution in [0.4, 0.5) is 0 Å². The van der Waals surface area contributed by atoms with Gasteiger partial charge in [-0.25, -0.2) is 8.42 Å². The summed E-state index contributed by atoms with van der Waals surface area (Å²) in [4.78, 5) is 0.